The van der Waals surface area contributed by atoms with Crippen molar-refractivity contribution in [3.63, 3.8) is 0 Å². The molecule has 1 saturated heterocycles. The van der Waals surface area contributed by atoms with Gasteiger partial charge in [0.2, 0.25) is 11.8 Å². The number of halogens is 2. The number of carbonyl (C=O) groups excluding carboxylic acids is 2. The average Bonchev–Trinajstić information content (AvgIpc) is 3.05. The fourth-order valence-electron chi connectivity index (χ4n) is 3.12. The highest BCUT2D eigenvalue weighted by Crippen LogP contribution is 2.31. The summed E-state index contributed by atoms with van der Waals surface area (Å²) in [7, 11) is 0. The summed E-state index contributed by atoms with van der Waals surface area (Å²) < 4.78 is 27.3. The number of nitrogens with zero attached hydrogens (tertiary/aromatic N) is 3. The molecule has 3 rings (SSSR count). The number of amides is 2. The minimum absolute atomic E-state index is 0.0211. The van der Waals surface area contributed by atoms with E-state index in [9.17, 15) is 18.4 Å². The highest BCUT2D eigenvalue weighted by Gasteiger charge is 2.25. The summed E-state index contributed by atoms with van der Waals surface area (Å²) in [5.41, 5.74) is 0.780. The molecule has 1 aromatic carbocycles. The molecular weight excluding hydrogens is 374 g/mol. The largest absolute Gasteiger partial charge is 0.332 e. The summed E-state index contributed by atoms with van der Waals surface area (Å²) >= 11 is 1.24. The lowest BCUT2D eigenvalue weighted by atomic mass is 10.2. The Bertz CT molecular complexity index is 850. The van der Waals surface area contributed by atoms with Crippen molar-refractivity contribution in [2.24, 2.45) is 0 Å². The van der Waals surface area contributed by atoms with Gasteiger partial charge in [0.05, 0.1) is 31.9 Å². The van der Waals surface area contributed by atoms with Crippen molar-refractivity contribution in [1.29, 1.82) is 0 Å². The van der Waals surface area contributed by atoms with E-state index in [4.69, 9.17) is 0 Å². The van der Waals surface area contributed by atoms with Crippen LogP contribution in [0.4, 0.5) is 19.6 Å². The van der Waals surface area contributed by atoms with Crippen molar-refractivity contribution in [2.75, 3.05) is 31.1 Å². The Hall–Kier alpha value is -2.39. The molecule has 1 fully saturated rings. The maximum Gasteiger partial charge on any atom is 0.230 e. The van der Waals surface area contributed by atoms with E-state index in [1.165, 1.54) is 29.2 Å². The maximum absolute atomic E-state index is 14.1. The van der Waals surface area contributed by atoms with E-state index < -0.39 is 17.5 Å². The Morgan fingerprint density at radius 1 is 1.26 bits per heavy atom. The molecule has 9 heteroatoms. The highest BCUT2D eigenvalue weighted by molar-refractivity contribution is 7.14. The van der Waals surface area contributed by atoms with Crippen molar-refractivity contribution in [3.8, 4) is 0 Å². The molecule has 1 aromatic heterocycles. The topological polar surface area (TPSA) is 58.0 Å². The first kappa shape index (κ1) is 19.4. The van der Waals surface area contributed by atoms with Gasteiger partial charge in [-0.25, -0.2) is 13.8 Å². The Morgan fingerprint density at radius 3 is 2.56 bits per heavy atom. The van der Waals surface area contributed by atoms with Crippen LogP contribution in [0, 0.1) is 11.6 Å². The zero-order valence-corrected chi connectivity index (χ0v) is 16.0. The SMILES string of the molecule is CC(=O)N1CC[NH+](Cc2csc(N(C(C)=O)c3ccc(F)cc3F)n2)CC1. The monoisotopic (exact) mass is 395 g/mol. The van der Waals surface area contributed by atoms with Crippen LogP contribution in [0.15, 0.2) is 23.6 Å². The molecular formula is C18H21F2N4O2S+. The van der Waals surface area contributed by atoms with E-state index in [0.717, 1.165) is 35.8 Å². The number of rotatable bonds is 4. The van der Waals surface area contributed by atoms with Crippen LogP contribution in [0.3, 0.4) is 0 Å². The molecule has 0 atom stereocenters. The molecule has 1 N–H and O–H groups in total. The molecule has 0 bridgehead atoms. The lowest BCUT2D eigenvalue weighted by molar-refractivity contribution is -0.917. The third-order valence-electron chi connectivity index (χ3n) is 4.54. The number of piperazine rings is 1. The minimum Gasteiger partial charge on any atom is -0.332 e. The second-order valence-electron chi connectivity index (χ2n) is 6.50. The molecule has 1 aliphatic rings. The normalized spacial score (nSPS) is 15.0. The number of aromatic nitrogens is 1. The summed E-state index contributed by atoms with van der Waals surface area (Å²) in [6.07, 6.45) is 0. The number of anilines is 2. The van der Waals surface area contributed by atoms with Crippen molar-refractivity contribution < 1.29 is 23.3 Å². The summed E-state index contributed by atoms with van der Waals surface area (Å²) in [6, 6.07) is 3.10. The Labute approximate surface area is 160 Å². The number of benzene rings is 1. The van der Waals surface area contributed by atoms with Crippen molar-refractivity contribution in [3.05, 3.63) is 40.9 Å². The molecule has 0 unspecified atom stereocenters. The van der Waals surface area contributed by atoms with Crippen LogP contribution in [0.1, 0.15) is 19.5 Å². The predicted octanol–water partition coefficient (Wildman–Crippen LogP) is 1.35. The number of thiazole rings is 1. The number of carbonyl (C=O) groups is 2. The van der Waals surface area contributed by atoms with Crippen molar-refractivity contribution in [2.45, 2.75) is 20.4 Å². The lowest BCUT2D eigenvalue weighted by Crippen LogP contribution is -3.13. The second kappa shape index (κ2) is 8.10. The molecule has 0 spiro atoms. The molecule has 2 heterocycles. The molecule has 27 heavy (non-hydrogen) atoms. The van der Waals surface area contributed by atoms with E-state index in [-0.39, 0.29) is 11.6 Å². The summed E-state index contributed by atoms with van der Waals surface area (Å²) in [5.74, 6) is -1.83. The third-order valence-corrected chi connectivity index (χ3v) is 5.42. The summed E-state index contributed by atoms with van der Waals surface area (Å²) in [4.78, 5) is 32.2. The molecule has 2 amide bonds. The molecule has 6 nitrogen and oxygen atoms in total. The van der Waals surface area contributed by atoms with Crippen LogP contribution < -0.4 is 9.80 Å². The minimum atomic E-state index is -0.812. The first-order valence-corrected chi connectivity index (χ1v) is 9.52. The molecule has 144 valence electrons. The van der Waals surface area contributed by atoms with Crippen molar-refractivity contribution in [1.82, 2.24) is 9.88 Å². The van der Waals surface area contributed by atoms with Gasteiger partial charge in [-0.3, -0.25) is 14.5 Å². The van der Waals surface area contributed by atoms with Gasteiger partial charge in [-0.05, 0) is 12.1 Å². The summed E-state index contributed by atoms with van der Waals surface area (Å²) in [6.45, 7) is 6.63. The Morgan fingerprint density at radius 2 is 1.96 bits per heavy atom. The number of nitrogens with one attached hydrogen (secondary N) is 1. The highest BCUT2D eigenvalue weighted by atomic mass is 32.1. The molecule has 0 aliphatic carbocycles. The van der Waals surface area contributed by atoms with Gasteiger partial charge in [0.25, 0.3) is 0 Å². The Kier molecular flexibility index (Phi) is 5.81. The van der Waals surface area contributed by atoms with E-state index in [1.807, 2.05) is 10.3 Å². The first-order chi connectivity index (χ1) is 12.8. The smallest absolute Gasteiger partial charge is 0.230 e. The quantitative estimate of drug-likeness (QED) is 0.850. The van der Waals surface area contributed by atoms with Gasteiger partial charge in [0.1, 0.15) is 23.9 Å². The second-order valence-corrected chi connectivity index (χ2v) is 7.34. The predicted molar refractivity (Wildman–Crippen MR) is 97.9 cm³/mol. The average molecular weight is 395 g/mol. The van der Waals surface area contributed by atoms with E-state index in [1.54, 1.807) is 6.92 Å². The fourth-order valence-corrected chi connectivity index (χ4v) is 4.00. The number of hydrogen-bond acceptors (Lipinski definition) is 4. The number of quaternary nitrogens is 1. The third kappa shape index (κ3) is 4.48. The summed E-state index contributed by atoms with van der Waals surface area (Å²) in [5, 5.41) is 2.20. The molecule has 1 aliphatic heterocycles. The molecule has 0 saturated carbocycles. The van der Waals surface area contributed by atoms with Crippen LogP contribution in [0.5, 0.6) is 0 Å². The zero-order valence-electron chi connectivity index (χ0n) is 15.2. The Balaban J connectivity index is 1.73. The molecule has 2 aromatic rings. The van der Waals surface area contributed by atoms with Crippen LogP contribution >= 0.6 is 11.3 Å². The van der Waals surface area contributed by atoms with Crippen LogP contribution in [0.2, 0.25) is 0 Å². The van der Waals surface area contributed by atoms with Gasteiger partial charge in [-0.15, -0.1) is 11.3 Å². The number of hydrogen-bond donors (Lipinski definition) is 1. The van der Waals surface area contributed by atoms with Gasteiger partial charge in [0, 0.05) is 25.3 Å². The van der Waals surface area contributed by atoms with Crippen LogP contribution in [-0.4, -0.2) is 47.9 Å². The van der Waals surface area contributed by atoms with Crippen LogP contribution in [-0.2, 0) is 16.1 Å². The molecule has 0 radical (unpaired) electrons. The van der Waals surface area contributed by atoms with Gasteiger partial charge in [-0.2, -0.15) is 0 Å². The lowest BCUT2D eigenvalue weighted by Gasteiger charge is -2.31. The van der Waals surface area contributed by atoms with Crippen molar-refractivity contribution >= 4 is 34.0 Å². The van der Waals surface area contributed by atoms with E-state index in [0.29, 0.717) is 24.8 Å². The van der Waals surface area contributed by atoms with Gasteiger partial charge >= 0.3 is 0 Å². The van der Waals surface area contributed by atoms with E-state index >= 15 is 0 Å². The van der Waals surface area contributed by atoms with Gasteiger partial charge in [-0.1, -0.05) is 0 Å². The first-order valence-electron chi connectivity index (χ1n) is 8.64. The van der Waals surface area contributed by atoms with Gasteiger partial charge < -0.3 is 9.80 Å². The standard InChI is InChI=1S/C18H20F2N4O2S/c1-12(25)23-7-5-22(6-8-23)10-15-11-27-18(21-15)24(13(2)26)17-4-3-14(19)9-16(17)20/h3-4,9,11H,5-8,10H2,1-2H3/p+1. The van der Waals surface area contributed by atoms with Gasteiger partial charge in [0.15, 0.2) is 5.13 Å². The zero-order chi connectivity index (χ0) is 19.6. The van der Waals surface area contributed by atoms with E-state index in [2.05, 4.69) is 4.98 Å². The fraction of sp³-hybridized carbons (Fsp3) is 0.389. The maximum atomic E-state index is 14.1. The van der Waals surface area contributed by atoms with Crippen LogP contribution in [0.25, 0.3) is 0 Å².